The average Bonchev–Trinajstić information content (AvgIpc) is 2.17. The van der Waals surface area contributed by atoms with Gasteiger partial charge in [0.1, 0.15) is 10.5 Å². The highest BCUT2D eigenvalue weighted by Gasteiger charge is 2.19. The van der Waals surface area contributed by atoms with E-state index in [0.717, 1.165) is 22.4 Å². The van der Waals surface area contributed by atoms with Crippen LogP contribution in [0.25, 0.3) is 0 Å². The van der Waals surface area contributed by atoms with Crippen LogP contribution in [0.1, 0.15) is 32.3 Å². The van der Waals surface area contributed by atoms with Crippen LogP contribution in [0.5, 0.6) is 0 Å². The van der Waals surface area contributed by atoms with Crippen molar-refractivity contribution in [1.29, 1.82) is 0 Å². The Morgan fingerprint density at radius 2 is 2.06 bits per heavy atom. The van der Waals surface area contributed by atoms with E-state index in [1.54, 1.807) is 7.11 Å². The molecule has 0 aliphatic rings. The Bertz CT molecular complexity index is 423. The minimum Gasteiger partial charge on any atom is -0.384 e. The summed E-state index contributed by atoms with van der Waals surface area (Å²) >= 11 is 8.72. The Labute approximate surface area is 110 Å². The van der Waals surface area contributed by atoms with Crippen molar-refractivity contribution in [3.63, 3.8) is 0 Å². The van der Waals surface area contributed by atoms with Gasteiger partial charge < -0.3 is 9.72 Å². The molecule has 5 heteroatoms. The lowest BCUT2D eigenvalue weighted by atomic mass is 9.92. The van der Waals surface area contributed by atoms with E-state index in [1.165, 1.54) is 0 Å². The van der Waals surface area contributed by atoms with Crippen LogP contribution < -0.4 is 0 Å². The molecule has 1 aromatic heterocycles. The minimum atomic E-state index is 0.0111. The molecule has 3 nitrogen and oxygen atoms in total. The molecule has 0 aliphatic heterocycles. The van der Waals surface area contributed by atoms with Crippen molar-refractivity contribution in [2.24, 2.45) is 0 Å². The zero-order valence-corrected chi connectivity index (χ0v) is 12.5. The first kappa shape index (κ1) is 13.8. The number of ether oxygens (including phenoxy) is 1. The molecule has 16 heavy (non-hydrogen) atoms. The molecule has 1 N–H and O–H groups in total. The number of methoxy groups -OCH3 is 1. The molecule has 1 rings (SSSR count). The molecule has 0 amide bonds. The van der Waals surface area contributed by atoms with Crippen molar-refractivity contribution >= 4 is 28.1 Å². The predicted octanol–water partition coefficient (Wildman–Crippen LogP) is 3.39. The summed E-state index contributed by atoms with van der Waals surface area (Å²) in [4.78, 5) is 7.64. The molecule has 0 unspecified atom stereocenters. The number of hydrogen-bond acceptors (Lipinski definition) is 3. The van der Waals surface area contributed by atoms with Crippen molar-refractivity contribution in [2.45, 2.75) is 32.6 Å². The first-order valence-electron chi connectivity index (χ1n) is 5.14. The zero-order chi connectivity index (χ0) is 12.3. The maximum Gasteiger partial charge on any atom is 0.144 e. The fourth-order valence-electron chi connectivity index (χ4n) is 1.34. The average molecular weight is 305 g/mol. The zero-order valence-electron chi connectivity index (χ0n) is 10.1. The van der Waals surface area contributed by atoms with Gasteiger partial charge in [0.05, 0.1) is 11.1 Å². The van der Waals surface area contributed by atoms with Crippen LogP contribution in [0.4, 0.5) is 0 Å². The SMILES string of the molecule is COCCc1nc(=S)c(Br)c(C(C)(C)C)[nH]1. The van der Waals surface area contributed by atoms with Gasteiger partial charge in [-0.25, -0.2) is 4.98 Å². The highest BCUT2D eigenvalue weighted by molar-refractivity contribution is 9.10. The fraction of sp³-hybridized carbons (Fsp3) is 0.636. The van der Waals surface area contributed by atoms with E-state index in [9.17, 15) is 0 Å². The first-order valence-corrected chi connectivity index (χ1v) is 6.34. The summed E-state index contributed by atoms with van der Waals surface area (Å²) in [7, 11) is 1.68. The maximum absolute atomic E-state index is 5.23. The highest BCUT2D eigenvalue weighted by atomic mass is 79.9. The number of rotatable bonds is 3. The Hall–Kier alpha value is -0.260. The van der Waals surface area contributed by atoms with E-state index >= 15 is 0 Å². The number of nitrogens with one attached hydrogen (secondary N) is 1. The topological polar surface area (TPSA) is 37.9 Å². The molecular weight excluding hydrogens is 288 g/mol. The Morgan fingerprint density at radius 3 is 2.56 bits per heavy atom. The maximum atomic E-state index is 5.23. The van der Waals surface area contributed by atoms with Gasteiger partial charge in [-0.05, 0) is 15.9 Å². The molecule has 0 aromatic carbocycles. The van der Waals surface area contributed by atoms with Crippen LogP contribution in [-0.4, -0.2) is 23.7 Å². The van der Waals surface area contributed by atoms with Gasteiger partial charge in [0.2, 0.25) is 0 Å². The van der Waals surface area contributed by atoms with E-state index in [0.29, 0.717) is 11.2 Å². The van der Waals surface area contributed by atoms with Crippen LogP contribution in [0.15, 0.2) is 4.47 Å². The molecule has 90 valence electrons. The van der Waals surface area contributed by atoms with Crippen molar-refractivity contribution < 1.29 is 4.74 Å². The fourth-order valence-corrected chi connectivity index (χ4v) is 2.33. The third kappa shape index (κ3) is 3.37. The number of halogens is 1. The lowest BCUT2D eigenvalue weighted by Crippen LogP contribution is -2.17. The second-order valence-electron chi connectivity index (χ2n) is 4.67. The van der Waals surface area contributed by atoms with E-state index in [1.807, 2.05) is 0 Å². The lowest BCUT2D eigenvalue weighted by molar-refractivity contribution is 0.200. The molecule has 0 saturated heterocycles. The monoisotopic (exact) mass is 304 g/mol. The smallest absolute Gasteiger partial charge is 0.144 e. The Balaban J connectivity index is 3.18. The molecule has 0 fully saturated rings. The van der Waals surface area contributed by atoms with Gasteiger partial charge in [0, 0.05) is 24.6 Å². The molecule has 0 aliphatic carbocycles. The number of H-pyrrole nitrogens is 1. The van der Waals surface area contributed by atoms with Gasteiger partial charge in [0.15, 0.2) is 0 Å². The summed E-state index contributed by atoms with van der Waals surface area (Å²) in [6, 6.07) is 0. The van der Waals surface area contributed by atoms with E-state index < -0.39 is 0 Å². The molecule has 0 saturated carbocycles. The molecule has 0 spiro atoms. The standard InChI is InChI=1S/C11H17BrN2OS/c1-11(2,3)9-8(12)10(16)14-7(13-9)5-6-15-4/h5-6H2,1-4H3,(H,13,14,16). The summed E-state index contributed by atoms with van der Waals surface area (Å²) in [5, 5.41) is 0. The number of aromatic amines is 1. The first-order chi connectivity index (χ1) is 7.36. The van der Waals surface area contributed by atoms with Gasteiger partial charge in [-0.15, -0.1) is 0 Å². The third-order valence-corrected chi connectivity index (χ3v) is 3.54. The molecule has 0 radical (unpaired) electrons. The van der Waals surface area contributed by atoms with E-state index in [-0.39, 0.29) is 5.41 Å². The molecule has 1 heterocycles. The molecule has 0 bridgehead atoms. The van der Waals surface area contributed by atoms with Crippen molar-refractivity contribution in [2.75, 3.05) is 13.7 Å². The van der Waals surface area contributed by atoms with Gasteiger partial charge >= 0.3 is 0 Å². The van der Waals surface area contributed by atoms with E-state index in [2.05, 4.69) is 46.7 Å². The van der Waals surface area contributed by atoms with Crippen molar-refractivity contribution in [1.82, 2.24) is 9.97 Å². The second-order valence-corrected chi connectivity index (χ2v) is 5.85. The van der Waals surface area contributed by atoms with Gasteiger partial charge in [-0.3, -0.25) is 0 Å². The van der Waals surface area contributed by atoms with E-state index in [4.69, 9.17) is 17.0 Å². The summed E-state index contributed by atoms with van der Waals surface area (Å²) < 4.78 is 6.53. The summed E-state index contributed by atoms with van der Waals surface area (Å²) in [6.45, 7) is 7.05. The van der Waals surface area contributed by atoms with Crippen LogP contribution >= 0.6 is 28.1 Å². The summed E-state index contributed by atoms with van der Waals surface area (Å²) in [5.74, 6) is 0.875. The summed E-state index contributed by atoms with van der Waals surface area (Å²) in [6.07, 6.45) is 0.747. The highest BCUT2D eigenvalue weighted by Crippen LogP contribution is 2.28. The van der Waals surface area contributed by atoms with Gasteiger partial charge in [-0.1, -0.05) is 33.0 Å². The number of nitrogens with zero attached hydrogens (tertiary/aromatic N) is 1. The van der Waals surface area contributed by atoms with Crippen LogP contribution in [-0.2, 0) is 16.6 Å². The van der Waals surface area contributed by atoms with Gasteiger partial charge in [-0.2, -0.15) is 0 Å². The minimum absolute atomic E-state index is 0.0111. The van der Waals surface area contributed by atoms with Crippen molar-refractivity contribution in [3.8, 4) is 0 Å². The number of hydrogen-bond donors (Lipinski definition) is 1. The lowest BCUT2D eigenvalue weighted by Gasteiger charge is -2.21. The second kappa shape index (κ2) is 5.38. The predicted molar refractivity (Wildman–Crippen MR) is 71.4 cm³/mol. The Morgan fingerprint density at radius 1 is 1.44 bits per heavy atom. The Kier molecular flexibility index (Phi) is 4.64. The van der Waals surface area contributed by atoms with Crippen LogP contribution in [0.2, 0.25) is 0 Å². The molecule has 1 aromatic rings. The number of aromatic nitrogens is 2. The molecular formula is C11H17BrN2OS. The quantitative estimate of drug-likeness (QED) is 0.870. The third-order valence-electron chi connectivity index (χ3n) is 2.21. The van der Waals surface area contributed by atoms with Crippen LogP contribution in [0.3, 0.4) is 0 Å². The summed E-state index contributed by atoms with van der Waals surface area (Å²) in [5.41, 5.74) is 1.09. The normalized spacial score (nSPS) is 11.8. The largest absolute Gasteiger partial charge is 0.384 e. The van der Waals surface area contributed by atoms with Gasteiger partial charge in [0.25, 0.3) is 0 Å². The van der Waals surface area contributed by atoms with Crippen molar-refractivity contribution in [3.05, 3.63) is 20.6 Å². The molecule has 0 atom stereocenters. The van der Waals surface area contributed by atoms with Crippen LogP contribution in [0, 0.1) is 4.64 Å².